The molecule has 0 aromatic carbocycles. The predicted octanol–water partition coefficient (Wildman–Crippen LogP) is 4.99. The topological polar surface area (TPSA) is 30.7 Å². The summed E-state index contributed by atoms with van der Waals surface area (Å²) in [6.45, 7) is 5.49. The van der Waals surface area contributed by atoms with Crippen LogP contribution in [0.4, 0.5) is 0 Å². The Morgan fingerprint density at radius 1 is 1.29 bits per heavy atom. The first-order chi connectivity index (χ1) is 10.2. The maximum Gasteiger partial charge on any atom is 0.138 e. The summed E-state index contributed by atoms with van der Waals surface area (Å²) in [4.78, 5) is 4.52. The third-order valence-electron chi connectivity index (χ3n) is 5.08. The summed E-state index contributed by atoms with van der Waals surface area (Å²) in [6.07, 6.45) is 13.6. The average molecular weight is 356 g/mol. The number of nitrogens with zero attached hydrogens (tertiary/aromatic N) is 3. The van der Waals surface area contributed by atoms with Crippen LogP contribution in [0, 0.1) is 11.3 Å². The number of rotatable bonds is 8. The molecule has 1 saturated carbocycles. The highest BCUT2D eigenvalue weighted by Crippen LogP contribution is 2.43. The molecule has 1 heterocycles. The van der Waals surface area contributed by atoms with E-state index in [0.29, 0.717) is 5.41 Å². The highest BCUT2D eigenvalue weighted by atomic mass is 79.9. The largest absolute Gasteiger partial charge is 0.250 e. The maximum absolute atomic E-state index is 4.52. The van der Waals surface area contributed by atoms with Gasteiger partial charge < -0.3 is 0 Å². The third kappa shape index (κ3) is 4.54. The zero-order valence-electron chi connectivity index (χ0n) is 13.7. The summed E-state index contributed by atoms with van der Waals surface area (Å²) < 4.78 is 2.10. The lowest BCUT2D eigenvalue weighted by Crippen LogP contribution is -2.32. The SMILES string of the molecule is CCCCC1CCC(CBr)(Cc2ncnn2CCC)CC1. The highest BCUT2D eigenvalue weighted by molar-refractivity contribution is 9.09. The molecule has 2 rings (SSSR count). The fourth-order valence-corrected chi connectivity index (χ4v) is 4.35. The molecule has 3 nitrogen and oxygen atoms in total. The van der Waals surface area contributed by atoms with Crippen LogP contribution < -0.4 is 0 Å². The molecular weight excluding hydrogens is 326 g/mol. The van der Waals surface area contributed by atoms with E-state index in [1.807, 2.05) is 0 Å². The van der Waals surface area contributed by atoms with Gasteiger partial charge in [-0.1, -0.05) is 49.0 Å². The van der Waals surface area contributed by atoms with Crippen molar-refractivity contribution in [2.45, 2.75) is 78.2 Å². The molecule has 0 radical (unpaired) electrons. The van der Waals surface area contributed by atoms with Gasteiger partial charge in [0, 0.05) is 18.3 Å². The van der Waals surface area contributed by atoms with Gasteiger partial charge in [-0.25, -0.2) is 4.98 Å². The number of hydrogen-bond acceptors (Lipinski definition) is 2. The summed E-state index contributed by atoms with van der Waals surface area (Å²) in [5, 5.41) is 5.48. The zero-order valence-corrected chi connectivity index (χ0v) is 15.2. The Morgan fingerprint density at radius 3 is 2.67 bits per heavy atom. The van der Waals surface area contributed by atoms with Crippen molar-refractivity contribution in [3.05, 3.63) is 12.2 Å². The van der Waals surface area contributed by atoms with Crippen molar-refractivity contribution in [1.82, 2.24) is 14.8 Å². The number of aromatic nitrogens is 3. The van der Waals surface area contributed by atoms with Crippen molar-refractivity contribution in [3.8, 4) is 0 Å². The summed E-state index contributed by atoms with van der Waals surface area (Å²) in [7, 11) is 0. The molecular formula is C17H30BrN3. The standard InChI is InChI=1S/C17H30BrN3/c1-3-5-6-15-7-9-17(13-18,10-8-15)12-16-19-14-20-21(16)11-4-2/h14-15H,3-13H2,1-2H3. The molecule has 21 heavy (non-hydrogen) atoms. The van der Waals surface area contributed by atoms with Crippen molar-refractivity contribution in [1.29, 1.82) is 0 Å². The van der Waals surface area contributed by atoms with E-state index in [2.05, 4.69) is 44.5 Å². The molecule has 0 spiro atoms. The van der Waals surface area contributed by atoms with Gasteiger partial charge in [-0.2, -0.15) is 5.10 Å². The normalized spacial score (nSPS) is 26.1. The van der Waals surface area contributed by atoms with Gasteiger partial charge in [-0.3, -0.25) is 4.68 Å². The van der Waals surface area contributed by atoms with E-state index >= 15 is 0 Å². The Bertz CT molecular complexity index is 408. The molecule has 0 unspecified atom stereocenters. The smallest absolute Gasteiger partial charge is 0.138 e. The third-order valence-corrected chi connectivity index (χ3v) is 6.27. The van der Waals surface area contributed by atoms with E-state index in [0.717, 1.165) is 30.6 Å². The van der Waals surface area contributed by atoms with Crippen LogP contribution in [0.5, 0.6) is 0 Å². The maximum atomic E-state index is 4.52. The number of halogens is 1. The fourth-order valence-electron chi connectivity index (χ4n) is 3.59. The van der Waals surface area contributed by atoms with Gasteiger partial charge in [0.2, 0.25) is 0 Å². The van der Waals surface area contributed by atoms with Gasteiger partial charge in [0.25, 0.3) is 0 Å². The second-order valence-corrected chi connectivity index (χ2v) is 7.36. The van der Waals surface area contributed by atoms with Crippen LogP contribution in [0.3, 0.4) is 0 Å². The van der Waals surface area contributed by atoms with E-state index in [4.69, 9.17) is 0 Å². The minimum Gasteiger partial charge on any atom is -0.250 e. The van der Waals surface area contributed by atoms with Gasteiger partial charge in [0.1, 0.15) is 12.2 Å². The summed E-state index contributed by atoms with van der Waals surface area (Å²) in [5.74, 6) is 2.15. The fraction of sp³-hybridized carbons (Fsp3) is 0.882. The Labute approximate surface area is 138 Å². The van der Waals surface area contributed by atoms with E-state index in [1.54, 1.807) is 6.33 Å². The van der Waals surface area contributed by atoms with E-state index in [1.165, 1.54) is 50.8 Å². The Hall–Kier alpha value is -0.380. The molecule has 4 heteroatoms. The molecule has 1 aromatic rings. The van der Waals surface area contributed by atoms with E-state index < -0.39 is 0 Å². The van der Waals surface area contributed by atoms with Crippen molar-refractivity contribution < 1.29 is 0 Å². The van der Waals surface area contributed by atoms with E-state index in [-0.39, 0.29) is 0 Å². The van der Waals surface area contributed by atoms with Gasteiger partial charge >= 0.3 is 0 Å². The molecule has 0 aliphatic heterocycles. The van der Waals surface area contributed by atoms with Crippen LogP contribution in [0.15, 0.2) is 6.33 Å². The van der Waals surface area contributed by atoms with Crippen molar-refractivity contribution in [3.63, 3.8) is 0 Å². The van der Waals surface area contributed by atoms with Crippen molar-refractivity contribution >= 4 is 15.9 Å². The first-order valence-electron chi connectivity index (χ1n) is 8.65. The number of aryl methyl sites for hydroxylation is 1. The minimum atomic E-state index is 0.404. The molecule has 1 fully saturated rings. The monoisotopic (exact) mass is 355 g/mol. The first kappa shape index (κ1) is 17.0. The predicted molar refractivity (Wildman–Crippen MR) is 91.7 cm³/mol. The van der Waals surface area contributed by atoms with Gasteiger partial charge in [0.15, 0.2) is 0 Å². The molecule has 1 aliphatic rings. The van der Waals surface area contributed by atoms with Crippen LogP contribution in [0.25, 0.3) is 0 Å². The lowest BCUT2D eigenvalue weighted by Gasteiger charge is -2.39. The first-order valence-corrected chi connectivity index (χ1v) is 9.78. The number of hydrogen-bond donors (Lipinski definition) is 0. The molecule has 1 aliphatic carbocycles. The number of unbranched alkanes of at least 4 members (excludes halogenated alkanes) is 1. The molecule has 1 aromatic heterocycles. The number of alkyl halides is 1. The molecule has 0 atom stereocenters. The van der Waals surface area contributed by atoms with Crippen LogP contribution in [0.1, 0.15) is 71.0 Å². The molecule has 0 bridgehead atoms. The summed E-state index contributed by atoms with van der Waals surface area (Å²) in [6, 6.07) is 0. The average Bonchev–Trinajstić information content (AvgIpc) is 2.94. The van der Waals surface area contributed by atoms with Gasteiger partial charge in [0.05, 0.1) is 0 Å². The minimum absolute atomic E-state index is 0.404. The Morgan fingerprint density at radius 2 is 2.05 bits per heavy atom. The van der Waals surface area contributed by atoms with Gasteiger partial charge in [-0.05, 0) is 43.4 Å². The van der Waals surface area contributed by atoms with E-state index in [9.17, 15) is 0 Å². The van der Waals surface area contributed by atoms with Gasteiger partial charge in [-0.15, -0.1) is 0 Å². The van der Waals surface area contributed by atoms with Crippen molar-refractivity contribution in [2.24, 2.45) is 11.3 Å². The quantitative estimate of drug-likeness (QED) is 0.614. The molecule has 0 saturated heterocycles. The zero-order chi connectivity index (χ0) is 15.1. The summed E-state index contributed by atoms with van der Waals surface area (Å²) >= 11 is 3.79. The van der Waals surface area contributed by atoms with Crippen LogP contribution in [-0.4, -0.2) is 20.1 Å². The van der Waals surface area contributed by atoms with Crippen molar-refractivity contribution in [2.75, 3.05) is 5.33 Å². The molecule has 0 amide bonds. The van der Waals surface area contributed by atoms with Crippen LogP contribution in [-0.2, 0) is 13.0 Å². The summed E-state index contributed by atoms with van der Waals surface area (Å²) in [5.41, 5.74) is 0.404. The Balaban J connectivity index is 1.95. The van der Waals surface area contributed by atoms with Crippen LogP contribution >= 0.6 is 15.9 Å². The molecule has 120 valence electrons. The molecule has 0 N–H and O–H groups in total. The lowest BCUT2D eigenvalue weighted by atomic mass is 9.69. The van der Waals surface area contributed by atoms with Crippen LogP contribution in [0.2, 0.25) is 0 Å². The lowest BCUT2D eigenvalue weighted by molar-refractivity contribution is 0.164. The highest BCUT2D eigenvalue weighted by Gasteiger charge is 2.35. The second-order valence-electron chi connectivity index (χ2n) is 6.80. The second kappa shape index (κ2) is 8.30. The Kier molecular flexibility index (Phi) is 6.72.